The number of aromatic nitrogens is 1. The molecule has 6 nitrogen and oxygen atoms in total. The average molecular weight is 447 g/mol. The molecule has 1 fully saturated rings. The molecule has 3 aromatic rings. The first-order valence-electron chi connectivity index (χ1n) is 11.3. The molecule has 1 aliphatic heterocycles. The average Bonchev–Trinajstić information content (AvgIpc) is 3.27. The molecule has 0 saturated carbocycles. The van der Waals surface area contributed by atoms with Crippen LogP contribution in [0.4, 0.5) is 0 Å². The van der Waals surface area contributed by atoms with Crippen molar-refractivity contribution in [2.45, 2.75) is 51.5 Å². The summed E-state index contributed by atoms with van der Waals surface area (Å²) < 4.78 is 19.6. The van der Waals surface area contributed by atoms with Gasteiger partial charge in [0.1, 0.15) is 18.5 Å². The highest BCUT2D eigenvalue weighted by molar-refractivity contribution is 6.20. The Morgan fingerprint density at radius 2 is 1.97 bits per heavy atom. The smallest absolute Gasteiger partial charge is 0.195 e. The standard InChI is InChI=1S/C27H30N2O4/c1-26(2)21-10-8-17(31-14-18-15-32-27(3,4)33-18)12-20(21)24(30)23-19-9-7-16(13-28-5)11-22(19)29(6)25(23)26/h7-12,18H,5,13-15H2,1-4,6H3/t18-/m0/s1. The Labute approximate surface area is 194 Å². The fourth-order valence-corrected chi connectivity index (χ4v) is 5.31. The third-order valence-electron chi connectivity index (χ3n) is 6.79. The van der Waals surface area contributed by atoms with E-state index in [0.717, 1.165) is 33.3 Å². The fraction of sp³-hybridized carbons (Fsp3) is 0.407. The first-order chi connectivity index (χ1) is 15.6. The molecule has 172 valence electrons. The van der Waals surface area contributed by atoms with E-state index in [1.54, 1.807) is 0 Å². The minimum Gasteiger partial charge on any atom is -0.491 e. The first-order valence-corrected chi connectivity index (χ1v) is 11.3. The minimum atomic E-state index is -0.587. The van der Waals surface area contributed by atoms with Crippen molar-refractivity contribution in [3.05, 3.63) is 64.3 Å². The maximum atomic E-state index is 13.8. The topological polar surface area (TPSA) is 62.1 Å². The van der Waals surface area contributed by atoms with E-state index >= 15 is 0 Å². The quantitative estimate of drug-likeness (QED) is 0.529. The summed E-state index contributed by atoms with van der Waals surface area (Å²) in [5.41, 5.74) is 5.28. The highest BCUT2D eigenvalue weighted by atomic mass is 16.7. The van der Waals surface area contributed by atoms with Crippen molar-refractivity contribution in [2.24, 2.45) is 12.0 Å². The van der Waals surface area contributed by atoms with Gasteiger partial charge in [-0.25, -0.2) is 0 Å². The van der Waals surface area contributed by atoms with Crippen LogP contribution >= 0.6 is 0 Å². The summed E-state index contributed by atoms with van der Waals surface area (Å²) in [5.74, 6) is 0.108. The molecule has 0 bridgehead atoms. The summed E-state index contributed by atoms with van der Waals surface area (Å²) in [7, 11) is 2.04. The lowest BCUT2D eigenvalue weighted by atomic mass is 9.71. The number of aliphatic imine (C=N–C) groups is 1. The molecule has 1 aromatic heterocycles. The van der Waals surface area contributed by atoms with Gasteiger partial charge in [0.2, 0.25) is 0 Å². The van der Waals surface area contributed by atoms with Gasteiger partial charge in [0, 0.05) is 34.6 Å². The van der Waals surface area contributed by atoms with E-state index < -0.39 is 5.79 Å². The molecule has 0 spiro atoms. The van der Waals surface area contributed by atoms with E-state index in [-0.39, 0.29) is 17.3 Å². The third-order valence-corrected chi connectivity index (χ3v) is 6.79. The largest absolute Gasteiger partial charge is 0.491 e. The van der Waals surface area contributed by atoms with Gasteiger partial charge in [0.15, 0.2) is 11.6 Å². The van der Waals surface area contributed by atoms with Crippen LogP contribution in [0.1, 0.15) is 60.4 Å². The van der Waals surface area contributed by atoms with Crippen LogP contribution in [0.2, 0.25) is 0 Å². The molecule has 2 aromatic carbocycles. The Kier molecular flexibility index (Phi) is 4.99. The second-order valence-corrected chi connectivity index (χ2v) is 9.94. The number of hydrogen-bond donors (Lipinski definition) is 0. The van der Waals surface area contributed by atoms with E-state index in [2.05, 4.69) is 36.2 Å². The number of ketones is 1. The lowest BCUT2D eigenvalue weighted by molar-refractivity contribution is -0.141. The number of nitrogens with zero attached hydrogens (tertiary/aromatic N) is 2. The second kappa shape index (κ2) is 7.54. The molecule has 0 unspecified atom stereocenters. The summed E-state index contributed by atoms with van der Waals surface area (Å²) in [6.07, 6.45) is -0.132. The predicted octanol–water partition coefficient (Wildman–Crippen LogP) is 4.78. The van der Waals surface area contributed by atoms with Gasteiger partial charge < -0.3 is 18.8 Å². The Morgan fingerprint density at radius 1 is 1.18 bits per heavy atom. The number of ether oxygens (including phenoxy) is 3. The maximum absolute atomic E-state index is 13.8. The Bertz CT molecular complexity index is 1290. The van der Waals surface area contributed by atoms with Crippen molar-refractivity contribution in [3.8, 4) is 5.75 Å². The monoisotopic (exact) mass is 446 g/mol. The third kappa shape index (κ3) is 3.49. The van der Waals surface area contributed by atoms with Gasteiger partial charge in [-0.15, -0.1) is 0 Å². The molecular weight excluding hydrogens is 416 g/mol. The number of rotatable bonds is 5. The minimum absolute atomic E-state index is 0.0338. The second-order valence-electron chi connectivity index (χ2n) is 9.94. The summed E-state index contributed by atoms with van der Waals surface area (Å²) in [6, 6.07) is 12.0. The van der Waals surface area contributed by atoms with Crippen LogP contribution in [0, 0.1) is 0 Å². The zero-order valence-electron chi connectivity index (χ0n) is 19.9. The zero-order valence-corrected chi connectivity index (χ0v) is 19.9. The van der Waals surface area contributed by atoms with Crippen LogP contribution < -0.4 is 4.74 Å². The van der Waals surface area contributed by atoms with Crippen LogP contribution in [0.25, 0.3) is 10.9 Å². The lowest BCUT2D eigenvalue weighted by Gasteiger charge is -2.33. The number of aryl methyl sites for hydroxylation is 1. The van der Waals surface area contributed by atoms with Gasteiger partial charge in [0.05, 0.1) is 18.7 Å². The van der Waals surface area contributed by atoms with Crippen LogP contribution in [-0.4, -0.2) is 42.2 Å². The molecule has 2 heterocycles. The van der Waals surface area contributed by atoms with Crippen LogP contribution in [0.3, 0.4) is 0 Å². The molecule has 33 heavy (non-hydrogen) atoms. The number of hydrogen-bond acceptors (Lipinski definition) is 5. The molecule has 1 atom stereocenters. The van der Waals surface area contributed by atoms with Gasteiger partial charge in [0.25, 0.3) is 0 Å². The molecule has 1 saturated heterocycles. The van der Waals surface area contributed by atoms with Crippen LogP contribution in [0.5, 0.6) is 5.75 Å². The Morgan fingerprint density at radius 3 is 2.67 bits per heavy atom. The van der Waals surface area contributed by atoms with Gasteiger partial charge in [-0.2, -0.15) is 0 Å². The molecule has 6 heteroatoms. The van der Waals surface area contributed by atoms with Crippen molar-refractivity contribution in [1.29, 1.82) is 0 Å². The summed E-state index contributed by atoms with van der Waals surface area (Å²) in [4.78, 5) is 17.8. The summed E-state index contributed by atoms with van der Waals surface area (Å²) >= 11 is 0. The maximum Gasteiger partial charge on any atom is 0.195 e. The highest BCUT2D eigenvalue weighted by Crippen LogP contribution is 2.45. The van der Waals surface area contributed by atoms with E-state index in [4.69, 9.17) is 14.2 Å². The Hall–Kier alpha value is -2.96. The van der Waals surface area contributed by atoms with Crippen molar-refractivity contribution >= 4 is 23.4 Å². The molecule has 0 N–H and O–H groups in total. The molecule has 0 amide bonds. The molecule has 0 radical (unpaired) electrons. The predicted molar refractivity (Wildman–Crippen MR) is 129 cm³/mol. The number of carbonyl (C=O) groups is 1. The van der Waals surface area contributed by atoms with Crippen molar-refractivity contribution in [3.63, 3.8) is 0 Å². The molecule has 1 aliphatic carbocycles. The van der Waals surface area contributed by atoms with Gasteiger partial charge in [-0.05, 0) is 49.9 Å². The highest BCUT2D eigenvalue weighted by Gasteiger charge is 2.41. The van der Waals surface area contributed by atoms with E-state index in [1.165, 1.54) is 0 Å². The van der Waals surface area contributed by atoms with E-state index in [9.17, 15) is 4.79 Å². The molecular formula is C27H30N2O4. The van der Waals surface area contributed by atoms with Crippen LogP contribution in [-0.2, 0) is 28.5 Å². The number of carbonyl (C=O) groups excluding carboxylic acids is 1. The first kappa shape index (κ1) is 21.9. The summed E-state index contributed by atoms with van der Waals surface area (Å²) in [6.45, 7) is 13.2. The van der Waals surface area contributed by atoms with Crippen molar-refractivity contribution in [1.82, 2.24) is 4.57 Å². The van der Waals surface area contributed by atoms with Gasteiger partial charge >= 0.3 is 0 Å². The normalized spacial score (nSPS) is 20.5. The molecule has 2 aliphatic rings. The number of benzene rings is 2. The lowest BCUT2D eigenvalue weighted by Crippen LogP contribution is -2.32. The molecule has 5 rings (SSSR count). The zero-order chi connectivity index (χ0) is 23.5. The fourth-order valence-electron chi connectivity index (χ4n) is 5.31. The van der Waals surface area contributed by atoms with Gasteiger partial charge in [-0.3, -0.25) is 9.79 Å². The Balaban J connectivity index is 1.53. The number of fused-ring (bicyclic) bond motifs is 4. The van der Waals surface area contributed by atoms with Crippen molar-refractivity contribution in [2.75, 3.05) is 13.2 Å². The van der Waals surface area contributed by atoms with Crippen LogP contribution in [0.15, 0.2) is 41.4 Å². The SMILES string of the molecule is C=NCc1ccc2c3c(n(C)c2c1)C(C)(C)c1ccc(OC[C@H]2COC(C)(C)O2)cc1C3=O. The van der Waals surface area contributed by atoms with Crippen molar-refractivity contribution < 1.29 is 19.0 Å². The van der Waals surface area contributed by atoms with Gasteiger partial charge in [-0.1, -0.05) is 32.0 Å². The summed E-state index contributed by atoms with van der Waals surface area (Å²) in [5, 5.41) is 0.967. The van der Waals surface area contributed by atoms with E-state index in [1.807, 2.05) is 51.2 Å². The van der Waals surface area contributed by atoms with E-state index in [0.29, 0.717) is 31.1 Å².